The van der Waals surface area contributed by atoms with Gasteiger partial charge >= 0.3 is 0 Å². The van der Waals surface area contributed by atoms with Crippen molar-refractivity contribution in [3.63, 3.8) is 0 Å². The van der Waals surface area contributed by atoms with Crippen molar-refractivity contribution in [1.29, 1.82) is 0 Å². The lowest BCUT2D eigenvalue weighted by Gasteiger charge is -2.31. The molecule has 0 amide bonds. The van der Waals surface area contributed by atoms with Gasteiger partial charge in [0.1, 0.15) is 0 Å². The van der Waals surface area contributed by atoms with E-state index < -0.39 is 0 Å². The predicted octanol–water partition coefficient (Wildman–Crippen LogP) is 2.19. The van der Waals surface area contributed by atoms with Crippen molar-refractivity contribution >= 4 is 0 Å². The highest BCUT2D eigenvalue weighted by atomic mass is 16.5. The molecule has 1 fully saturated rings. The van der Waals surface area contributed by atoms with E-state index in [2.05, 4.69) is 26.1 Å². The monoisotopic (exact) mass is 185 g/mol. The minimum Gasteiger partial charge on any atom is -0.378 e. The molecule has 0 saturated carbocycles. The maximum absolute atomic E-state index is 5.65. The van der Waals surface area contributed by atoms with Crippen LogP contribution >= 0.6 is 0 Å². The van der Waals surface area contributed by atoms with Crippen LogP contribution in [0.3, 0.4) is 0 Å². The van der Waals surface area contributed by atoms with Crippen molar-refractivity contribution in [2.24, 2.45) is 5.41 Å². The Labute approximate surface area is 82.0 Å². The van der Waals surface area contributed by atoms with E-state index in [1.807, 2.05) is 0 Å². The molecule has 0 aromatic heterocycles. The van der Waals surface area contributed by atoms with Gasteiger partial charge in [0.05, 0.1) is 6.10 Å². The normalized spacial score (nSPS) is 33.9. The van der Waals surface area contributed by atoms with Crippen molar-refractivity contribution in [3.8, 4) is 0 Å². The lowest BCUT2D eigenvalue weighted by molar-refractivity contribution is 0.0611. The first-order valence-electron chi connectivity index (χ1n) is 5.57. The van der Waals surface area contributed by atoms with E-state index in [-0.39, 0.29) is 0 Å². The Morgan fingerprint density at radius 1 is 1.46 bits per heavy atom. The molecule has 0 aliphatic carbocycles. The van der Waals surface area contributed by atoms with Gasteiger partial charge in [-0.3, -0.25) is 0 Å². The van der Waals surface area contributed by atoms with Crippen LogP contribution in [-0.4, -0.2) is 25.8 Å². The summed E-state index contributed by atoms with van der Waals surface area (Å²) in [7, 11) is 0. The van der Waals surface area contributed by atoms with Gasteiger partial charge < -0.3 is 10.1 Å². The van der Waals surface area contributed by atoms with Gasteiger partial charge in [0.15, 0.2) is 0 Å². The summed E-state index contributed by atoms with van der Waals surface area (Å²) in [6, 6.07) is 0. The van der Waals surface area contributed by atoms with Gasteiger partial charge in [-0.25, -0.2) is 0 Å². The lowest BCUT2D eigenvalue weighted by Crippen LogP contribution is -2.39. The van der Waals surface area contributed by atoms with Crippen molar-refractivity contribution in [2.75, 3.05) is 19.7 Å². The minimum atomic E-state index is 0.412. The second-order valence-electron chi connectivity index (χ2n) is 4.16. The molecule has 1 saturated heterocycles. The highest BCUT2D eigenvalue weighted by Gasteiger charge is 2.39. The van der Waals surface area contributed by atoms with E-state index in [1.165, 1.54) is 19.3 Å². The van der Waals surface area contributed by atoms with Gasteiger partial charge in [0.2, 0.25) is 0 Å². The summed E-state index contributed by atoms with van der Waals surface area (Å²) in [5.41, 5.74) is 0.412. The third-order valence-electron chi connectivity index (χ3n) is 3.44. The zero-order valence-corrected chi connectivity index (χ0v) is 9.23. The molecule has 0 aromatic rings. The average Bonchev–Trinajstić information content (AvgIpc) is 2.49. The fourth-order valence-electron chi connectivity index (χ4n) is 2.15. The van der Waals surface area contributed by atoms with Crippen LogP contribution < -0.4 is 5.32 Å². The molecule has 1 aliphatic rings. The summed E-state index contributed by atoms with van der Waals surface area (Å²) in [5.74, 6) is 0. The Morgan fingerprint density at radius 3 is 2.69 bits per heavy atom. The standard InChI is InChI=1S/C11H23NO/c1-4-7-12-9-11(5-2)6-8-13-10(11)3/h10,12H,4-9H2,1-3H3. The zero-order chi connectivity index (χ0) is 9.73. The lowest BCUT2D eigenvalue weighted by atomic mass is 9.79. The van der Waals surface area contributed by atoms with E-state index in [4.69, 9.17) is 4.74 Å². The maximum Gasteiger partial charge on any atom is 0.0616 e. The van der Waals surface area contributed by atoms with Gasteiger partial charge in [-0.1, -0.05) is 13.8 Å². The fraction of sp³-hybridized carbons (Fsp3) is 1.00. The Bertz CT molecular complexity index is 149. The summed E-state index contributed by atoms with van der Waals surface area (Å²) in [5, 5.41) is 3.52. The first-order chi connectivity index (χ1) is 6.25. The summed E-state index contributed by atoms with van der Waals surface area (Å²) in [4.78, 5) is 0. The molecule has 0 aromatic carbocycles. The molecule has 0 spiro atoms. The Morgan fingerprint density at radius 2 is 2.23 bits per heavy atom. The van der Waals surface area contributed by atoms with Crippen molar-refractivity contribution in [1.82, 2.24) is 5.32 Å². The minimum absolute atomic E-state index is 0.412. The van der Waals surface area contributed by atoms with Crippen LogP contribution in [0.4, 0.5) is 0 Å². The summed E-state index contributed by atoms with van der Waals surface area (Å²) < 4.78 is 5.65. The fourth-order valence-corrected chi connectivity index (χ4v) is 2.15. The molecular weight excluding hydrogens is 162 g/mol. The SMILES string of the molecule is CCCNCC1(CC)CCOC1C. The Hall–Kier alpha value is -0.0800. The number of hydrogen-bond donors (Lipinski definition) is 1. The van der Waals surface area contributed by atoms with Crippen LogP contribution in [0, 0.1) is 5.41 Å². The smallest absolute Gasteiger partial charge is 0.0616 e. The third kappa shape index (κ3) is 2.44. The van der Waals surface area contributed by atoms with Gasteiger partial charge in [0.25, 0.3) is 0 Å². The molecule has 2 atom stereocenters. The highest BCUT2D eigenvalue weighted by Crippen LogP contribution is 2.37. The number of rotatable bonds is 5. The molecule has 1 N–H and O–H groups in total. The molecule has 2 nitrogen and oxygen atoms in total. The average molecular weight is 185 g/mol. The number of hydrogen-bond acceptors (Lipinski definition) is 2. The van der Waals surface area contributed by atoms with E-state index in [1.54, 1.807) is 0 Å². The van der Waals surface area contributed by atoms with Crippen LogP contribution in [0.1, 0.15) is 40.0 Å². The van der Waals surface area contributed by atoms with E-state index >= 15 is 0 Å². The molecule has 1 rings (SSSR count). The highest BCUT2D eigenvalue weighted by molar-refractivity contribution is 4.90. The molecule has 0 bridgehead atoms. The van der Waals surface area contributed by atoms with Crippen LogP contribution in [0.15, 0.2) is 0 Å². The number of ether oxygens (including phenoxy) is 1. The maximum atomic E-state index is 5.65. The second kappa shape index (κ2) is 4.97. The molecule has 1 aliphatic heterocycles. The topological polar surface area (TPSA) is 21.3 Å². The summed E-state index contributed by atoms with van der Waals surface area (Å²) in [6.45, 7) is 9.90. The molecule has 0 radical (unpaired) electrons. The van der Waals surface area contributed by atoms with E-state index in [9.17, 15) is 0 Å². The zero-order valence-electron chi connectivity index (χ0n) is 9.23. The van der Waals surface area contributed by atoms with Crippen molar-refractivity contribution in [2.45, 2.75) is 46.1 Å². The Balaban J connectivity index is 2.39. The van der Waals surface area contributed by atoms with Crippen molar-refractivity contribution in [3.05, 3.63) is 0 Å². The molecule has 1 heterocycles. The van der Waals surface area contributed by atoms with E-state index in [0.717, 1.165) is 19.7 Å². The van der Waals surface area contributed by atoms with Crippen LogP contribution in [0.25, 0.3) is 0 Å². The third-order valence-corrected chi connectivity index (χ3v) is 3.44. The molecule has 2 unspecified atom stereocenters. The summed E-state index contributed by atoms with van der Waals surface area (Å²) in [6.07, 6.45) is 4.10. The first kappa shape index (κ1) is 11.0. The van der Waals surface area contributed by atoms with Crippen LogP contribution in [-0.2, 0) is 4.74 Å². The second-order valence-corrected chi connectivity index (χ2v) is 4.16. The van der Waals surface area contributed by atoms with E-state index in [0.29, 0.717) is 11.5 Å². The molecular formula is C11H23NO. The first-order valence-corrected chi connectivity index (χ1v) is 5.57. The quantitative estimate of drug-likeness (QED) is 0.663. The molecule has 78 valence electrons. The van der Waals surface area contributed by atoms with Gasteiger partial charge in [-0.05, 0) is 32.7 Å². The van der Waals surface area contributed by atoms with Crippen LogP contribution in [0.2, 0.25) is 0 Å². The van der Waals surface area contributed by atoms with Gasteiger partial charge in [-0.15, -0.1) is 0 Å². The Kier molecular flexibility index (Phi) is 4.20. The molecule has 2 heteroatoms. The van der Waals surface area contributed by atoms with Gasteiger partial charge in [-0.2, -0.15) is 0 Å². The number of nitrogens with one attached hydrogen (secondary N) is 1. The van der Waals surface area contributed by atoms with Crippen LogP contribution in [0.5, 0.6) is 0 Å². The van der Waals surface area contributed by atoms with Gasteiger partial charge in [0, 0.05) is 18.6 Å². The van der Waals surface area contributed by atoms with Crippen molar-refractivity contribution < 1.29 is 4.74 Å². The summed E-state index contributed by atoms with van der Waals surface area (Å²) >= 11 is 0. The molecule has 13 heavy (non-hydrogen) atoms. The predicted molar refractivity (Wildman–Crippen MR) is 55.9 cm³/mol. The largest absolute Gasteiger partial charge is 0.378 e.